The van der Waals surface area contributed by atoms with Gasteiger partial charge in [0, 0.05) is 5.57 Å². The summed E-state index contributed by atoms with van der Waals surface area (Å²) in [7, 11) is 0. The van der Waals surface area contributed by atoms with Crippen molar-refractivity contribution in [1.82, 2.24) is 5.32 Å². The van der Waals surface area contributed by atoms with Crippen molar-refractivity contribution >= 4 is 11.5 Å². The van der Waals surface area contributed by atoms with Gasteiger partial charge in [-0.25, -0.2) is 4.39 Å². The highest BCUT2D eigenvalue weighted by atomic mass is 19.1. The van der Waals surface area contributed by atoms with Gasteiger partial charge in [0.25, 0.3) is 0 Å². The predicted octanol–water partition coefficient (Wildman–Crippen LogP) is 1.39. The highest BCUT2D eigenvalue weighted by Crippen LogP contribution is 2.35. The van der Waals surface area contributed by atoms with Crippen LogP contribution < -0.4 is 5.32 Å². The lowest BCUT2D eigenvalue weighted by Gasteiger charge is -2.22. The second-order valence-corrected chi connectivity index (χ2v) is 3.90. The molecule has 17 heavy (non-hydrogen) atoms. The van der Waals surface area contributed by atoms with E-state index in [2.05, 4.69) is 10.3 Å². The van der Waals surface area contributed by atoms with Gasteiger partial charge < -0.3 is 5.32 Å². The number of nitrogens with one attached hydrogen (secondary N) is 1. The number of halogens is 1. The first-order valence-corrected chi connectivity index (χ1v) is 5.08. The molecule has 0 aromatic rings. The lowest BCUT2D eigenvalue weighted by atomic mass is 9.79. The summed E-state index contributed by atoms with van der Waals surface area (Å²) in [6, 6.07) is 1.72. The van der Waals surface area contributed by atoms with E-state index >= 15 is 0 Å². The second-order valence-electron chi connectivity index (χ2n) is 3.90. The zero-order valence-electron chi connectivity index (χ0n) is 9.20. The minimum Gasteiger partial charge on any atom is -0.372 e. The topological polar surface area (TPSA) is 65.2 Å². The van der Waals surface area contributed by atoms with Crippen LogP contribution in [0.15, 0.2) is 40.8 Å². The lowest BCUT2D eigenvalue weighted by Crippen LogP contribution is -2.30. The Bertz CT molecular complexity index is 536. The van der Waals surface area contributed by atoms with Gasteiger partial charge in [0.05, 0.1) is 11.8 Å². The number of nitrogens with zero attached hydrogens (tertiary/aromatic N) is 2. The Labute approximate surface area is 97.8 Å². The van der Waals surface area contributed by atoms with Crippen LogP contribution in [0.5, 0.6) is 0 Å². The van der Waals surface area contributed by atoms with Crippen molar-refractivity contribution in [3.8, 4) is 6.07 Å². The first-order valence-electron chi connectivity index (χ1n) is 5.08. The van der Waals surface area contributed by atoms with E-state index in [1.165, 1.54) is 19.1 Å². The van der Waals surface area contributed by atoms with Crippen molar-refractivity contribution < 1.29 is 9.18 Å². The Morgan fingerprint density at radius 1 is 1.53 bits per heavy atom. The summed E-state index contributed by atoms with van der Waals surface area (Å²) in [5, 5.41) is 11.8. The highest BCUT2D eigenvalue weighted by Gasteiger charge is 2.41. The van der Waals surface area contributed by atoms with Crippen molar-refractivity contribution in [2.24, 2.45) is 10.4 Å². The minimum absolute atomic E-state index is 0.200. The van der Waals surface area contributed by atoms with Gasteiger partial charge in [-0.05, 0) is 31.4 Å². The van der Waals surface area contributed by atoms with Crippen LogP contribution in [0.1, 0.15) is 6.92 Å². The number of aliphatic imine (C=N–C) groups is 1. The molecule has 1 unspecified atom stereocenters. The number of nitriles is 1. The molecule has 1 N–H and O–H groups in total. The zero-order valence-corrected chi connectivity index (χ0v) is 9.20. The molecule has 0 aromatic carbocycles. The van der Waals surface area contributed by atoms with Gasteiger partial charge in [-0.1, -0.05) is 0 Å². The summed E-state index contributed by atoms with van der Waals surface area (Å²) < 4.78 is 14.2. The summed E-state index contributed by atoms with van der Waals surface area (Å²) in [6.45, 7) is 1.63. The Morgan fingerprint density at radius 2 is 2.29 bits per heavy atom. The maximum atomic E-state index is 14.2. The fourth-order valence-electron chi connectivity index (χ4n) is 1.63. The van der Waals surface area contributed by atoms with Crippen LogP contribution in [0.2, 0.25) is 0 Å². The number of carbonyl (C=O) groups excluding carboxylic acids is 1. The quantitative estimate of drug-likeness (QED) is 0.741. The number of carbonyl (C=O) groups is 1. The Kier molecular flexibility index (Phi) is 2.64. The monoisotopic (exact) mass is 231 g/mol. The molecular formula is C12H10FN3O. The van der Waals surface area contributed by atoms with Crippen LogP contribution >= 0.6 is 0 Å². The first kappa shape index (κ1) is 11.3. The average Bonchev–Trinajstić information content (AvgIpc) is 2.37. The van der Waals surface area contributed by atoms with Crippen molar-refractivity contribution in [2.45, 2.75) is 6.92 Å². The number of hydrogen-bond acceptors (Lipinski definition) is 4. The van der Waals surface area contributed by atoms with E-state index in [4.69, 9.17) is 5.26 Å². The number of rotatable bonds is 1. The van der Waals surface area contributed by atoms with Gasteiger partial charge in [-0.2, -0.15) is 5.26 Å². The van der Waals surface area contributed by atoms with Gasteiger partial charge in [0.1, 0.15) is 12.5 Å². The minimum atomic E-state index is -1.73. The van der Waals surface area contributed by atoms with Crippen molar-refractivity contribution in [1.29, 1.82) is 5.26 Å². The summed E-state index contributed by atoms with van der Waals surface area (Å²) in [4.78, 5) is 15.6. The standard InChI is InChI=1S/C12H10FN3O/c1-12(6-14)10(17)3-2-8(11(12)13)9-4-5-15-7-16-9/h2-5,15H,7H2,1H3. The Balaban J connectivity index is 2.52. The second kappa shape index (κ2) is 3.98. The Hall–Kier alpha value is -2.22. The maximum Gasteiger partial charge on any atom is 0.182 e. The SMILES string of the molecule is CC1(C#N)C(=O)C=CC(C2=NCNC=C2)=C1F. The fraction of sp³-hybridized carbons (Fsp3) is 0.250. The number of hydrogen-bond donors (Lipinski definition) is 1. The third-order valence-electron chi connectivity index (χ3n) is 2.77. The highest BCUT2D eigenvalue weighted by molar-refractivity contribution is 6.14. The molecule has 0 fully saturated rings. The number of ketones is 1. The zero-order chi connectivity index (χ0) is 12.5. The molecule has 1 heterocycles. The lowest BCUT2D eigenvalue weighted by molar-refractivity contribution is -0.119. The van der Waals surface area contributed by atoms with E-state index in [0.29, 0.717) is 12.4 Å². The number of allylic oxidation sites excluding steroid dienone is 5. The normalized spacial score (nSPS) is 27.6. The molecule has 0 aromatic heterocycles. The summed E-state index contributed by atoms with van der Waals surface area (Å²) >= 11 is 0. The predicted molar refractivity (Wildman–Crippen MR) is 60.6 cm³/mol. The van der Waals surface area contributed by atoms with Gasteiger partial charge >= 0.3 is 0 Å². The molecule has 5 heteroatoms. The molecule has 0 spiro atoms. The van der Waals surface area contributed by atoms with Crippen LogP contribution in [0, 0.1) is 16.7 Å². The van der Waals surface area contributed by atoms with E-state index in [9.17, 15) is 9.18 Å². The van der Waals surface area contributed by atoms with Crippen molar-refractivity contribution in [3.05, 3.63) is 35.8 Å². The molecule has 0 radical (unpaired) electrons. The molecule has 86 valence electrons. The Morgan fingerprint density at radius 3 is 2.88 bits per heavy atom. The van der Waals surface area contributed by atoms with Crippen LogP contribution in [0.3, 0.4) is 0 Å². The van der Waals surface area contributed by atoms with E-state index < -0.39 is 17.0 Å². The van der Waals surface area contributed by atoms with Crippen LogP contribution in [-0.4, -0.2) is 18.2 Å². The molecule has 2 aliphatic rings. The van der Waals surface area contributed by atoms with Crippen molar-refractivity contribution in [3.63, 3.8) is 0 Å². The third-order valence-corrected chi connectivity index (χ3v) is 2.77. The van der Waals surface area contributed by atoms with E-state index in [1.54, 1.807) is 18.3 Å². The van der Waals surface area contributed by atoms with Crippen LogP contribution in [0.25, 0.3) is 0 Å². The van der Waals surface area contributed by atoms with Gasteiger partial charge in [0.15, 0.2) is 11.2 Å². The fourth-order valence-corrected chi connectivity index (χ4v) is 1.63. The smallest absolute Gasteiger partial charge is 0.182 e. The maximum absolute atomic E-state index is 14.2. The van der Waals surface area contributed by atoms with E-state index in [-0.39, 0.29) is 5.57 Å². The van der Waals surface area contributed by atoms with Gasteiger partial charge in [0.2, 0.25) is 0 Å². The first-order chi connectivity index (χ1) is 8.09. The van der Waals surface area contributed by atoms with Crippen molar-refractivity contribution in [2.75, 3.05) is 6.67 Å². The van der Waals surface area contributed by atoms with E-state index in [1.807, 2.05) is 0 Å². The van der Waals surface area contributed by atoms with Gasteiger partial charge in [-0.15, -0.1) is 0 Å². The molecule has 0 amide bonds. The largest absolute Gasteiger partial charge is 0.372 e. The summed E-state index contributed by atoms with van der Waals surface area (Å²) in [5.41, 5.74) is -1.09. The molecule has 4 nitrogen and oxygen atoms in total. The van der Waals surface area contributed by atoms with E-state index in [0.717, 1.165) is 0 Å². The molecule has 0 saturated carbocycles. The molecule has 1 aliphatic carbocycles. The van der Waals surface area contributed by atoms with Crippen LogP contribution in [0.4, 0.5) is 4.39 Å². The summed E-state index contributed by atoms with van der Waals surface area (Å²) in [5.74, 6) is -1.28. The molecule has 0 bridgehead atoms. The molecule has 1 aliphatic heterocycles. The molecule has 2 rings (SSSR count). The molecule has 1 atom stereocenters. The van der Waals surface area contributed by atoms with Crippen LogP contribution in [-0.2, 0) is 4.79 Å². The molecular weight excluding hydrogens is 221 g/mol. The molecule has 0 saturated heterocycles. The average molecular weight is 231 g/mol. The summed E-state index contributed by atoms with van der Waals surface area (Å²) in [6.07, 6.45) is 5.85. The third kappa shape index (κ3) is 1.68. The van der Waals surface area contributed by atoms with Gasteiger partial charge in [-0.3, -0.25) is 9.79 Å².